The maximum absolute atomic E-state index is 12.4. The summed E-state index contributed by atoms with van der Waals surface area (Å²) in [5.74, 6) is 0.0484. The molecular formula is C14H14BrClN2O. The van der Waals surface area contributed by atoms with E-state index in [-0.39, 0.29) is 5.78 Å². The molecule has 0 bridgehead atoms. The molecule has 100 valence electrons. The number of carbonyl (C=O) groups excluding carboxylic acids is 1. The SMILES string of the molecule is Cc1nn(C)c(C)c1C(=O)Cc1ccc(Br)cc1Cl. The van der Waals surface area contributed by atoms with Crippen molar-refractivity contribution in [2.75, 3.05) is 0 Å². The standard InChI is InChI=1S/C14H14BrClN2O/c1-8-14(9(2)18(3)17-8)13(19)6-10-4-5-11(15)7-12(10)16/h4-5,7H,6H2,1-3H3. The van der Waals surface area contributed by atoms with E-state index in [0.717, 1.165) is 21.4 Å². The fourth-order valence-corrected chi connectivity index (χ4v) is 2.84. The Labute approximate surface area is 125 Å². The van der Waals surface area contributed by atoms with Gasteiger partial charge in [0.2, 0.25) is 0 Å². The molecular weight excluding hydrogens is 328 g/mol. The van der Waals surface area contributed by atoms with Gasteiger partial charge in [0.15, 0.2) is 5.78 Å². The van der Waals surface area contributed by atoms with Gasteiger partial charge < -0.3 is 0 Å². The van der Waals surface area contributed by atoms with Gasteiger partial charge in [-0.05, 0) is 31.5 Å². The predicted octanol–water partition coefficient (Wildman–Crippen LogP) is 3.88. The van der Waals surface area contributed by atoms with E-state index in [1.54, 1.807) is 10.7 Å². The number of hydrogen-bond donors (Lipinski definition) is 0. The molecule has 2 rings (SSSR count). The van der Waals surface area contributed by atoms with Crippen LogP contribution in [0.15, 0.2) is 22.7 Å². The average molecular weight is 342 g/mol. The molecule has 0 atom stereocenters. The lowest BCUT2D eigenvalue weighted by atomic mass is 10.0. The van der Waals surface area contributed by atoms with Gasteiger partial charge in [0.05, 0.1) is 11.3 Å². The van der Waals surface area contributed by atoms with E-state index < -0.39 is 0 Å². The lowest BCUT2D eigenvalue weighted by Crippen LogP contribution is -2.07. The summed E-state index contributed by atoms with van der Waals surface area (Å²) in [5.41, 5.74) is 3.17. The molecule has 1 heterocycles. The highest BCUT2D eigenvalue weighted by Crippen LogP contribution is 2.23. The van der Waals surface area contributed by atoms with Crippen molar-refractivity contribution in [3.05, 3.63) is 50.2 Å². The Hall–Kier alpha value is -1.13. The molecule has 0 aliphatic rings. The molecule has 1 aromatic heterocycles. The number of benzene rings is 1. The van der Waals surface area contributed by atoms with E-state index in [2.05, 4.69) is 21.0 Å². The first-order chi connectivity index (χ1) is 8.90. The van der Waals surface area contributed by atoms with Crippen molar-refractivity contribution >= 4 is 33.3 Å². The summed E-state index contributed by atoms with van der Waals surface area (Å²) in [6.07, 6.45) is 0.291. The van der Waals surface area contributed by atoms with Gasteiger partial charge in [-0.1, -0.05) is 33.6 Å². The van der Waals surface area contributed by atoms with Crippen molar-refractivity contribution in [3.8, 4) is 0 Å². The predicted molar refractivity (Wildman–Crippen MR) is 79.9 cm³/mol. The van der Waals surface area contributed by atoms with Crippen molar-refractivity contribution in [2.24, 2.45) is 7.05 Å². The van der Waals surface area contributed by atoms with E-state index in [4.69, 9.17) is 11.6 Å². The second-order valence-electron chi connectivity index (χ2n) is 4.51. The molecule has 3 nitrogen and oxygen atoms in total. The van der Waals surface area contributed by atoms with Crippen LogP contribution in [0.5, 0.6) is 0 Å². The van der Waals surface area contributed by atoms with Crippen LogP contribution < -0.4 is 0 Å². The maximum Gasteiger partial charge on any atom is 0.170 e. The van der Waals surface area contributed by atoms with Gasteiger partial charge in [-0.2, -0.15) is 5.10 Å². The van der Waals surface area contributed by atoms with Gasteiger partial charge in [-0.25, -0.2) is 0 Å². The molecule has 0 saturated carbocycles. The molecule has 19 heavy (non-hydrogen) atoms. The van der Waals surface area contributed by atoms with Gasteiger partial charge in [-0.15, -0.1) is 0 Å². The third kappa shape index (κ3) is 2.90. The van der Waals surface area contributed by atoms with Crippen molar-refractivity contribution in [3.63, 3.8) is 0 Å². The topological polar surface area (TPSA) is 34.9 Å². The van der Waals surface area contributed by atoms with Crippen LogP contribution in [0.25, 0.3) is 0 Å². The molecule has 0 aliphatic heterocycles. The summed E-state index contributed by atoms with van der Waals surface area (Å²) in [6, 6.07) is 5.55. The summed E-state index contributed by atoms with van der Waals surface area (Å²) in [4.78, 5) is 12.4. The van der Waals surface area contributed by atoms with Crippen molar-refractivity contribution < 1.29 is 4.79 Å². The van der Waals surface area contributed by atoms with Crippen LogP contribution in [0.1, 0.15) is 27.3 Å². The minimum absolute atomic E-state index is 0.0484. The quantitative estimate of drug-likeness (QED) is 0.794. The van der Waals surface area contributed by atoms with E-state index in [1.807, 2.05) is 33.0 Å². The lowest BCUT2D eigenvalue weighted by Gasteiger charge is -2.05. The molecule has 0 unspecified atom stereocenters. The molecule has 0 N–H and O–H groups in total. The zero-order valence-electron chi connectivity index (χ0n) is 11.0. The third-order valence-electron chi connectivity index (χ3n) is 3.15. The molecule has 2 aromatic rings. The Bertz CT molecular complexity index is 649. The van der Waals surface area contributed by atoms with Crippen LogP contribution in [0.3, 0.4) is 0 Å². The van der Waals surface area contributed by atoms with Crippen LogP contribution in [0.2, 0.25) is 5.02 Å². The van der Waals surface area contributed by atoms with Gasteiger partial charge >= 0.3 is 0 Å². The summed E-state index contributed by atoms with van der Waals surface area (Å²) in [5, 5.41) is 4.86. The number of Topliss-reactive ketones (excluding diaryl/α,β-unsaturated/α-hetero) is 1. The highest BCUT2D eigenvalue weighted by atomic mass is 79.9. The molecule has 0 fully saturated rings. The summed E-state index contributed by atoms with van der Waals surface area (Å²) >= 11 is 9.49. The van der Waals surface area contributed by atoms with Crippen LogP contribution in [-0.2, 0) is 13.5 Å². The minimum Gasteiger partial charge on any atom is -0.294 e. The Morgan fingerprint density at radius 1 is 1.42 bits per heavy atom. The molecule has 5 heteroatoms. The van der Waals surface area contributed by atoms with E-state index >= 15 is 0 Å². The molecule has 0 saturated heterocycles. The monoisotopic (exact) mass is 340 g/mol. The van der Waals surface area contributed by atoms with Crippen molar-refractivity contribution in [1.29, 1.82) is 0 Å². The fraction of sp³-hybridized carbons (Fsp3) is 0.286. The number of hydrogen-bond acceptors (Lipinski definition) is 2. The number of nitrogens with zero attached hydrogens (tertiary/aromatic N) is 2. The first-order valence-electron chi connectivity index (χ1n) is 5.87. The Balaban J connectivity index is 2.31. The fourth-order valence-electron chi connectivity index (χ4n) is 2.10. The number of carbonyl (C=O) groups is 1. The minimum atomic E-state index is 0.0484. The smallest absolute Gasteiger partial charge is 0.170 e. The maximum atomic E-state index is 12.4. The van der Waals surface area contributed by atoms with Gasteiger partial charge in [0.1, 0.15) is 0 Å². The number of rotatable bonds is 3. The molecule has 1 aromatic carbocycles. The number of aromatic nitrogens is 2. The van der Waals surface area contributed by atoms with E-state index in [9.17, 15) is 4.79 Å². The van der Waals surface area contributed by atoms with Gasteiger partial charge in [0, 0.05) is 28.7 Å². The second kappa shape index (κ2) is 5.47. The summed E-state index contributed by atoms with van der Waals surface area (Å²) < 4.78 is 2.63. The zero-order chi connectivity index (χ0) is 14.2. The van der Waals surface area contributed by atoms with E-state index in [1.165, 1.54) is 0 Å². The van der Waals surface area contributed by atoms with Gasteiger partial charge in [-0.3, -0.25) is 9.48 Å². The highest BCUT2D eigenvalue weighted by molar-refractivity contribution is 9.10. The Morgan fingerprint density at radius 2 is 2.11 bits per heavy atom. The number of halogens is 2. The van der Waals surface area contributed by atoms with Gasteiger partial charge in [0.25, 0.3) is 0 Å². The first-order valence-corrected chi connectivity index (χ1v) is 7.04. The Kier molecular flexibility index (Phi) is 4.11. The van der Waals surface area contributed by atoms with E-state index in [0.29, 0.717) is 17.0 Å². The number of aryl methyl sites for hydroxylation is 2. The van der Waals surface area contributed by atoms with Crippen LogP contribution in [-0.4, -0.2) is 15.6 Å². The van der Waals surface area contributed by atoms with Crippen molar-refractivity contribution in [1.82, 2.24) is 9.78 Å². The average Bonchev–Trinajstić information content (AvgIpc) is 2.57. The molecule has 0 radical (unpaired) electrons. The Morgan fingerprint density at radius 3 is 2.63 bits per heavy atom. The second-order valence-corrected chi connectivity index (χ2v) is 5.83. The first kappa shape index (κ1) is 14.3. The third-order valence-corrected chi connectivity index (χ3v) is 4.00. The summed E-state index contributed by atoms with van der Waals surface area (Å²) in [6.45, 7) is 3.75. The lowest BCUT2D eigenvalue weighted by molar-refractivity contribution is 0.0991. The number of ketones is 1. The van der Waals surface area contributed by atoms with Crippen LogP contribution in [0, 0.1) is 13.8 Å². The molecule has 0 amide bonds. The zero-order valence-corrected chi connectivity index (χ0v) is 13.3. The highest BCUT2D eigenvalue weighted by Gasteiger charge is 2.18. The molecule has 0 aliphatic carbocycles. The normalized spacial score (nSPS) is 10.8. The summed E-state index contributed by atoms with van der Waals surface area (Å²) in [7, 11) is 1.84. The molecule has 0 spiro atoms. The largest absolute Gasteiger partial charge is 0.294 e. The van der Waals surface area contributed by atoms with Crippen LogP contribution >= 0.6 is 27.5 Å². The van der Waals surface area contributed by atoms with Crippen molar-refractivity contribution in [2.45, 2.75) is 20.3 Å². The van der Waals surface area contributed by atoms with Crippen LogP contribution in [0.4, 0.5) is 0 Å².